The number of benzene rings is 2. The van der Waals surface area contributed by atoms with Crippen LogP contribution in [0.1, 0.15) is 40.3 Å². The smallest absolute Gasteiger partial charge is 0.387 e. The summed E-state index contributed by atoms with van der Waals surface area (Å²) in [6.45, 7) is -3.06. The SMILES string of the molecule is [B]C([B])([B])N1C(=O)c2cccc(OC(F)F)c2C2CC1c1nc3ccc(Cl)cc3n12. The molecule has 1 aromatic heterocycles. The van der Waals surface area contributed by atoms with Gasteiger partial charge >= 0.3 is 6.61 Å². The van der Waals surface area contributed by atoms with E-state index in [0.29, 0.717) is 33.9 Å². The third-order valence-corrected chi connectivity index (χ3v) is 5.76. The van der Waals surface area contributed by atoms with Crippen LogP contribution in [0.4, 0.5) is 8.78 Å². The number of carbonyl (C=O) groups is 1. The molecule has 0 fully saturated rings. The molecular formula is C19H11B3ClF2N3O2. The lowest BCUT2D eigenvalue weighted by Gasteiger charge is -2.41. The molecule has 5 rings (SSSR count). The molecule has 3 heterocycles. The number of hydrogen-bond acceptors (Lipinski definition) is 3. The van der Waals surface area contributed by atoms with Gasteiger partial charge in [0.25, 0.3) is 5.91 Å². The van der Waals surface area contributed by atoms with E-state index in [0.717, 1.165) is 4.90 Å². The summed E-state index contributed by atoms with van der Waals surface area (Å²) in [5.74, 6) is -0.190. The zero-order valence-corrected chi connectivity index (χ0v) is 16.2. The molecule has 2 aromatic carbocycles. The average molecular weight is 419 g/mol. The van der Waals surface area contributed by atoms with Gasteiger partial charge < -0.3 is 14.2 Å². The lowest BCUT2D eigenvalue weighted by atomic mass is 9.48. The molecule has 0 N–H and O–H groups in total. The number of rotatable bonds is 3. The highest BCUT2D eigenvalue weighted by Gasteiger charge is 2.48. The highest BCUT2D eigenvalue weighted by molar-refractivity contribution is 6.60. The predicted octanol–water partition coefficient (Wildman–Crippen LogP) is 2.90. The minimum absolute atomic E-state index is 0.102. The standard InChI is InChI=1S/C19H11B3ClF2N3O2/c20-19(21,22)28-13-7-12(27-11-6-8(23)4-5-10(11)26-16(13)27)15-9(17(28)29)2-1-3-14(15)30-18(24)25/h1-6,12-13,18H,7H2. The molecule has 2 unspecified atom stereocenters. The quantitative estimate of drug-likeness (QED) is 0.614. The van der Waals surface area contributed by atoms with Crippen LogP contribution in [0.25, 0.3) is 11.0 Å². The topological polar surface area (TPSA) is 47.4 Å². The van der Waals surface area contributed by atoms with E-state index in [4.69, 9.17) is 39.9 Å². The fourth-order valence-electron chi connectivity index (χ4n) is 4.53. The fraction of sp³-hybridized carbons (Fsp3) is 0.263. The first-order valence-electron chi connectivity index (χ1n) is 9.12. The van der Waals surface area contributed by atoms with Crippen molar-refractivity contribution in [2.45, 2.75) is 30.4 Å². The third-order valence-electron chi connectivity index (χ3n) is 5.53. The van der Waals surface area contributed by atoms with Gasteiger partial charge in [0.05, 0.1) is 46.7 Å². The lowest BCUT2D eigenvalue weighted by Crippen LogP contribution is -2.54. The summed E-state index contributed by atoms with van der Waals surface area (Å²) in [5.41, 5.74) is 1.76. The molecule has 0 saturated heterocycles. The zero-order valence-electron chi connectivity index (χ0n) is 15.4. The van der Waals surface area contributed by atoms with Crippen molar-refractivity contribution in [1.29, 1.82) is 0 Å². The fourth-order valence-corrected chi connectivity index (χ4v) is 4.69. The Morgan fingerprint density at radius 2 is 1.97 bits per heavy atom. The van der Waals surface area contributed by atoms with E-state index >= 15 is 0 Å². The number of aromatic nitrogens is 2. The molecule has 2 atom stereocenters. The number of halogens is 3. The Labute approximate surface area is 179 Å². The van der Waals surface area contributed by atoms with Crippen LogP contribution < -0.4 is 4.74 Å². The number of ether oxygens (including phenoxy) is 1. The molecule has 0 spiro atoms. The third kappa shape index (κ3) is 2.76. The molecule has 144 valence electrons. The first-order valence-corrected chi connectivity index (χ1v) is 9.50. The predicted molar refractivity (Wildman–Crippen MR) is 109 cm³/mol. The maximum Gasteiger partial charge on any atom is 0.387 e. The van der Waals surface area contributed by atoms with Crippen molar-refractivity contribution in [2.24, 2.45) is 0 Å². The Balaban J connectivity index is 1.85. The summed E-state index contributed by atoms with van der Waals surface area (Å²) in [6.07, 6.45) is 0.292. The van der Waals surface area contributed by atoms with Gasteiger partial charge in [-0.15, -0.1) is 0 Å². The van der Waals surface area contributed by atoms with Crippen LogP contribution in [0.3, 0.4) is 0 Å². The van der Waals surface area contributed by atoms with E-state index in [1.54, 1.807) is 18.2 Å². The molecule has 1 amide bonds. The highest BCUT2D eigenvalue weighted by Crippen LogP contribution is 2.51. The van der Waals surface area contributed by atoms with Crippen LogP contribution in [-0.2, 0) is 0 Å². The number of alkyl halides is 2. The zero-order chi connectivity index (χ0) is 21.4. The summed E-state index contributed by atoms with van der Waals surface area (Å²) >= 11 is 6.19. The Morgan fingerprint density at radius 1 is 1.20 bits per heavy atom. The van der Waals surface area contributed by atoms with Crippen LogP contribution in [0.15, 0.2) is 36.4 Å². The van der Waals surface area contributed by atoms with Crippen molar-refractivity contribution in [2.75, 3.05) is 0 Å². The Hall–Kier alpha value is -2.48. The van der Waals surface area contributed by atoms with Gasteiger partial charge in [0.2, 0.25) is 0 Å². The van der Waals surface area contributed by atoms with Gasteiger partial charge in [-0.1, -0.05) is 22.9 Å². The minimum atomic E-state index is -3.06. The van der Waals surface area contributed by atoms with Gasteiger partial charge in [-0.2, -0.15) is 8.78 Å². The molecular weight excluding hydrogens is 408 g/mol. The second kappa shape index (κ2) is 6.51. The van der Waals surface area contributed by atoms with Gasteiger partial charge in [-0.05, 0) is 30.3 Å². The van der Waals surface area contributed by atoms with E-state index in [-0.39, 0.29) is 11.3 Å². The van der Waals surface area contributed by atoms with E-state index in [1.165, 1.54) is 18.2 Å². The van der Waals surface area contributed by atoms with Crippen LogP contribution in [0.5, 0.6) is 5.75 Å². The molecule has 0 aliphatic carbocycles. The van der Waals surface area contributed by atoms with Crippen molar-refractivity contribution >= 4 is 52.1 Å². The monoisotopic (exact) mass is 419 g/mol. The van der Waals surface area contributed by atoms with Crippen molar-refractivity contribution in [3.63, 3.8) is 0 Å². The summed E-state index contributed by atoms with van der Waals surface area (Å²) in [6, 6.07) is 8.33. The molecule has 0 saturated carbocycles. The summed E-state index contributed by atoms with van der Waals surface area (Å²) in [4.78, 5) is 19.2. The lowest BCUT2D eigenvalue weighted by molar-refractivity contribution is -0.0507. The van der Waals surface area contributed by atoms with E-state index in [1.807, 2.05) is 4.57 Å². The van der Waals surface area contributed by atoms with Crippen molar-refractivity contribution in [1.82, 2.24) is 14.5 Å². The minimum Gasteiger partial charge on any atom is -0.434 e. The summed E-state index contributed by atoms with van der Waals surface area (Å²) < 4.78 is 32.9. The van der Waals surface area contributed by atoms with Crippen molar-refractivity contribution in [3.05, 3.63) is 58.4 Å². The van der Waals surface area contributed by atoms with Gasteiger partial charge in [-0.3, -0.25) is 4.79 Å². The van der Waals surface area contributed by atoms with E-state index in [2.05, 4.69) is 4.98 Å². The molecule has 5 nitrogen and oxygen atoms in total. The van der Waals surface area contributed by atoms with Crippen LogP contribution in [0.2, 0.25) is 5.02 Å². The van der Waals surface area contributed by atoms with Crippen LogP contribution >= 0.6 is 11.6 Å². The maximum absolute atomic E-state index is 13.4. The summed E-state index contributed by atoms with van der Waals surface area (Å²) in [5, 5.41) is -1.51. The molecule has 6 radical (unpaired) electrons. The van der Waals surface area contributed by atoms with Gasteiger partial charge in [0.1, 0.15) is 11.6 Å². The normalized spacial score (nSPS) is 20.4. The number of amides is 1. The van der Waals surface area contributed by atoms with Gasteiger partial charge in [-0.25, -0.2) is 4.98 Å². The van der Waals surface area contributed by atoms with Crippen LogP contribution in [-0.4, -0.2) is 55.7 Å². The molecule has 2 aliphatic heterocycles. The summed E-state index contributed by atoms with van der Waals surface area (Å²) in [7, 11) is 17.9. The molecule has 2 bridgehead atoms. The van der Waals surface area contributed by atoms with Gasteiger partial charge in [0.15, 0.2) is 0 Å². The second-order valence-electron chi connectivity index (χ2n) is 7.40. The van der Waals surface area contributed by atoms with Crippen LogP contribution in [0, 0.1) is 0 Å². The number of fused-ring (bicyclic) bond motifs is 9. The highest BCUT2D eigenvalue weighted by atomic mass is 35.5. The Bertz CT molecular complexity index is 1200. The van der Waals surface area contributed by atoms with E-state index < -0.39 is 29.8 Å². The molecule has 2 aliphatic rings. The number of carbonyl (C=O) groups excluding carboxylic acids is 1. The first-order chi connectivity index (χ1) is 14.2. The van der Waals surface area contributed by atoms with Gasteiger partial charge in [0, 0.05) is 22.6 Å². The number of imidazole rings is 1. The number of hydrogen-bond donors (Lipinski definition) is 0. The second-order valence-corrected chi connectivity index (χ2v) is 7.84. The van der Waals surface area contributed by atoms with E-state index in [9.17, 15) is 13.6 Å². The maximum atomic E-state index is 13.4. The Morgan fingerprint density at radius 3 is 2.67 bits per heavy atom. The largest absolute Gasteiger partial charge is 0.434 e. The van der Waals surface area contributed by atoms with Crippen molar-refractivity contribution < 1.29 is 18.3 Å². The molecule has 11 heteroatoms. The number of nitrogens with zero attached hydrogens (tertiary/aromatic N) is 3. The van der Waals surface area contributed by atoms with Crippen molar-refractivity contribution in [3.8, 4) is 5.75 Å². The molecule has 30 heavy (non-hydrogen) atoms. The average Bonchev–Trinajstić information content (AvgIpc) is 3.13. The Kier molecular flexibility index (Phi) is 4.23. The molecule has 3 aromatic rings. The first kappa shape index (κ1) is 19.5.